The zero-order valence-corrected chi connectivity index (χ0v) is 21.3. The standard InChI is InChI=1S/C37H24N2/c1-2-10-27(11-3-1)39(36-24-38-23-26-9-4-5-12-30(26)36)28-19-17-25(18-20-28)29-21-22-35-32-14-7-6-13-31(32)34-16-8-15-33(29)37(34)35/h1-24H. The SMILES string of the molecule is c1ccc(N(c2ccc(-c3ccc4c5c(cccc35)-c3ccccc3-4)cc2)c2cncc3ccccc23)cc1. The summed E-state index contributed by atoms with van der Waals surface area (Å²) < 4.78 is 0. The Morgan fingerprint density at radius 3 is 1.85 bits per heavy atom. The van der Waals surface area contributed by atoms with E-state index in [1.54, 1.807) is 0 Å². The van der Waals surface area contributed by atoms with Crippen molar-refractivity contribution >= 4 is 38.6 Å². The first-order chi connectivity index (χ1) is 19.4. The van der Waals surface area contributed by atoms with Gasteiger partial charge in [-0.25, -0.2) is 0 Å². The van der Waals surface area contributed by atoms with Crippen molar-refractivity contribution in [3.63, 3.8) is 0 Å². The molecule has 1 heterocycles. The van der Waals surface area contributed by atoms with E-state index in [0.29, 0.717) is 0 Å². The Bertz CT molecular complexity index is 1970. The highest BCUT2D eigenvalue weighted by atomic mass is 15.1. The van der Waals surface area contributed by atoms with Crippen molar-refractivity contribution in [2.24, 2.45) is 0 Å². The van der Waals surface area contributed by atoms with Crippen molar-refractivity contribution in [3.8, 4) is 33.4 Å². The molecular formula is C37H24N2. The number of pyridine rings is 1. The topological polar surface area (TPSA) is 16.1 Å². The van der Waals surface area contributed by atoms with E-state index in [0.717, 1.165) is 22.4 Å². The lowest BCUT2D eigenvalue weighted by Gasteiger charge is -2.26. The minimum Gasteiger partial charge on any atom is -0.308 e. The van der Waals surface area contributed by atoms with Crippen molar-refractivity contribution in [1.29, 1.82) is 0 Å². The average molecular weight is 497 g/mol. The minimum atomic E-state index is 1.06. The molecule has 0 radical (unpaired) electrons. The zero-order chi connectivity index (χ0) is 25.8. The van der Waals surface area contributed by atoms with Gasteiger partial charge < -0.3 is 4.90 Å². The highest BCUT2D eigenvalue weighted by Gasteiger charge is 2.22. The van der Waals surface area contributed by atoms with Crippen LogP contribution in [0.2, 0.25) is 0 Å². The van der Waals surface area contributed by atoms with Gasteiger partial charge in [0.1, 0.15) is 0 Å². The van der Waals surface area contributed by atoms with E-state index in [1.807, 2.05) is 12.4 Å². The maximum absolute atomic E-state index is 4.58. The molecule has 182 valence electrons. The van der Waals surface area contributed by atoms with E-state index in [-0.39, 0.29) is 0 Å². The summed E-state index contributed by atoms with van der Waals surface area (Å²) >= 11 is 0. The molecule has 1 aromatic heterocycles. The van der Waals surface area contributed by atoms with Crippen LogP contribution >= 0.6 is 0 Å². The second-order valence-corrected chi connectivity index (χ2v) is 10.0. The Labute approximate surface area is 227 Å². The molecule has 1 aliphatic carbocycles. The van der Waals surface area contributed by atoms with Gasteiger partial charge in [0.05, 0.1) is 11.9 Å². The number of anilines is 3. The maximum Gasteiger partial charge on any atom is 0.0723 e. The van der Waals surface area contributed by atoms with Crippen molar-refractivity contribution in [2.75, 3.05) is 4.90 Å². The Morgan fingerprint density at radius 2 is 1.03 bits per heavy atom. The first kappa shape index (κ1) is 21.8. The van der Waals surface area contributed by atoms with Crippen LogP contribution in [-0.2, 0) is 0 Å². The molecule has 2 nitrogen and oxygen atoms in total. The fourth-order valence-corrected chi connectivity index (χ4v) is 6.13. The van der Waals surface area contributed by atoms with Crippen LogP contribution in [0.25, 0.3) is 54.9 Å². The van der Waals surface area contributed by atoms with Crippen molar-refractivity contribution < 1.29 is 0 Å². The Morgan fingerprint density at radius 1 is 0.410 bits per heavy atom. The van der Waals surface area contributed by atoms with E-state index in [1.165, 1.54) is 49.5 Å². The number of rotatable bonds is 4. The summed E-state index contributed by atoms with van der Waals surface area (Å²) in [4.78, 5) is 6.88. The maximum atomic E-state index is 4.58. The van der Waals surface area contributed by atoms with Crippen molar-refractivity contribution in [3.05, 3.63) is 146 Å². The molecule has 6 aromatic carbocycles. The summed E-state index contributed by atoms with van der Waals surface area (Å²) in [6, 6.07) is 47.9. The van der Waals surface area contributed by atoms with Gasteiger partial charge in [-0.15, -0.1) is 0 Å². The molecule has 1 aliphatic rings. The largest absolute Gasteiger partial charge is 0.308 e. The lowest BCUT2D eigenvalue weighted by Crippen LogP contribution is -2.10. The molecule has 39 heavy (non-hydrogen) atoms. The smallest absolute Gasteiger partial charge is 0.0723 e. The van der Waals surface area contributed by atoms with Crippen LogP contribution in [0.5, 0.6) is 0 Å². The first-order valence-corrected chi connectivity index (χ1v) is 13.3. The third-order valence-corrected chi connectivity index (χ3v) is 7.89. The molecule has 0 bridgehead atoms. The first-order valence-electron chi connectivity index (χ1n) is 13.3. The van der Waals surface area contributed by atoms with Crippen molar-refractivity contribution in [2.45, 2.75) is 0 Å². The van der Waals surface area contributed by atoms with Crippen LogP contribution in [0.3, 0.4) is 0 Å². The van der Waals surface area contributed by atoms with Crippen LogP contribution in [0.15, 0.2) is 146 Å². The van der Waals surface area contributed by atoms with Crippen LogP contribution in [0, 0.1) is 0 Å². The Kier molecular flexibility index (Phi) is 4.86. The predicted molar refractivity (Wildman–Crippen MR) is 164 cm³/mol. The second kappa shape index (κ2) is 8.68. The van der Waals surface area contributed by atoms with Gasteiger partial charge in [-0.05, 0) is 68.4 Å². The summed E-state index contributed by atoms with van der Waals surface area (Å²) in [5.74, 6) is 0. The molecule has 0 amide bonds. The molecule has 0 atom stereocenters. The van der Waals surface area contributed by atoms with E-state index >= 15 is 0 Å². The molecule has 8 rings (SSSR count). The number of hydrogen-bond acceptors (Lipinski definition) is 2. The van der Waals surface area contributed by atoms with E-state index in [2.05, 4.69) is 143 Å². The molecule has 0 saturated carbocycles. The van der Waals surface area contributed by atoms with Gasteiger partial charge in [0.25, 0.3) is 0 Å². The summed E-state index contributed by atoms with van der Waals surface area (Å²) in [5, 5.41) is 4.95. The van der Waals surface area contributed by atoms with Gasteiger partial charge >= 0.3 is 0 Å². The molecule has 0 N–H and O–H groups in total. The fourth-order valence-electron chi connectivity index (χ4n) is 6.13. The monoisotopic (exact) mass is 496 g/mol. The van der Waals surface area contributed by atoms with Gasteiger partial charge in [-0.1, -0.05) is 109 Å². The highest BCUT2D eigenvalue weighted by Crippen LogP contribution is 2.49. The summed E-state index contributed by atoms with van der Waals surface area (Å²) in [7, 11) is 0. The number of aromatic nitrogens is 1. The molecule has 0 spiro atoms. The second-order valence-electron chi connectivity index (χ2n) is 10.0. The normalized spacial score (nSPS) is 11.6. The van der Waals surface area contributed by atoms with Gasteiger partial charge in [-0.3, -0.25) is 4.98 Å². The van der Waals surface area contributed by atoms with Gasteiger partial charge in [-0.2, -0.15) is 0 Å². The third-order valence-electron chi connectivity index (χ3n) is 7.89. The lowest BCUT2D eigenvalue weighted by atomic mass is 9.94. The van der Waals surface area contributed by atoms with Crippen molar-refractivity contribution in [1.82, 2.24) is 4.98 Å². The number of fused-ring (bicyclic) bond motifs is 4. The van der Waals surface area contributed by atoms with Gasteiger partial charge in [0, 0.05) is 28.3 Å². The lowest BCUT2D eigenvalue weighted by molar-refractivity contribution is 1.25. The summed E-state index contributed by atoms with van der Waals surface area (Å²) in [6.45, 7) is 0. The van der Waals surface area contributed by atoms with E-state index < -0.39 is 0 Å². The number of benzene rings is 6. The average Bonchev–Trinajstić information content (AvgIpc) is 3.34. The highest BCUT2D eigenvalue weighted by molar-refractivity contribution is 6.18. The number of para-hydroxylation sites is 1. The van der Waals surface area contributed by atoms with Gasteiger partial charge in [0.2, 0.25) is 0 Å². The van der Waals surface area contributed by atoms with Crippen LogP contribution in [0.1, 0.15) is 0 Å². The third kappa shape index (κ3) is 3.39. The number of hydrogen-bond donors (Lipinski definition) is 0. The predicted octanol–water partition coefficient (Wildman–Crippen LogP) is 10.2. The van der Waals surface area contributed by atoms with Crippen LogP contribution < -0.4 is 4.90 Å². The molecular weight excluding hydrogens is 472 g/mol. The molecule has 0 aliphatic heterocycles. The molecule has 0 fully saturated rings. The van der Waals surface area contributed by atoms with E-state index in [9.17, 15) is 0 Å². The summed E-state index contributed by atoms with van der Waals surface area (Å²) in [6.07, 6.45) is 3.89. The molecule has 0 unspecified atom stereocenters. The Hall–Kier alpha value is -5.21. The Balaban J connectivity index is 1.27. The molecule has 7 aromatic rings. The zero-order valence-electron chi connectivity index (χ0n) is 21.3. The fraction of sp³-hybridized carbons (Fsp3) is 0. The summed E-state index contributed by atoms with van der Waals surface area (Å²) in [5.41, 5.74) is 11.0. The molecule has 0 saturated heterocycles. The van der Waals surface area contributed by atoms with E-state index in [4.69, 9.17) is 0 Å². The van der Waals surface area contributed by atoms with Crippen LogP contribution in [0.4, 0.5) is 17.1 Å². The number of nitrogens with zero attached hydrogens (tertiary/aromatic N) is 2. The van der Waals surface area contributed by atoms with Crippen LogP contribution in [-0.4, -0.2) is 4.98 Å². The van der Waals surface area contributed by atoms with Gasteiger partial charge in [0.15, 0.2) is 0 Å². The molecule has 2 heteroatoms. The quantitative estimate of drug-likeness (QED) is 0.241. The minimum absolute atomic E-state index is 1.06.